The van der Waals surface area contributed by atoms with Crippen molar-refractivity contribution in [2.45, 2.75) is 116 Å². The molecule has 4 fully saturated rings. The number of hydrogen-bond donors (Lipinski definition) is 0. The van der Waals surface area contributed by atoms with E-state index >= 15 is 0 Å². The van der Waals surface area contributed by atoms with E-state index in [0.717, 1.165) is 94.7 Å². The van der Waals surface area contributed by atoms with Crippen molar-refractivity contribution in [1.29, 1.82) is 0 Å². The predicted molar refractivity (Wildman–Crippen MR) is 234 cm³/mol. The molecule has 0 aromatic rings. The van der Waals surface area contributed by atoms with E-state index < -0.39 is 39.0 Å². The van der Waals surface area contributed by atoms with E-state index in [2.05, 4.69) is 132 Å². The molecule has 0 aromatic carbocycles. The molecule has 8 heteroatoms. The Morgan fingerprint density at radius 3 is 0.769 bits per heavy atom. The van der Waals surface area contributed by atoms with Crippen molar-refractivity contribution in [3.8, 4) is 0 Å². The largest absolute Gasteiger partial charge is 1.00 e. The molecular formula is C44H81Cl5LiZr2. The molecule has 6 aliphatic carbocycles. The fourth-order valence-corrected chi connectivity index (χ4v) is 9.23. The van der Waals surface area contributed by atoms with Gasteiger partial charge in [0.2, 0.25) is 0 Å². The Balaban J connectivity index is -0.000000173. The molecule has 4 saturated carbocycles. The number of allylic oxidation sites excluding steroid dienone is 8. The predicted octanol–water partition coefficient (Wildman–Crippen LogP) is 14.3. The first-order valence-electron chi connectivity index (χ1n) is 18.5. The quantitative estimate of drug-likeness (QED) is 0.168. The molecule has 0 heterocycles. The Morgan fingerprint density at radius 2 is 0.596 bits per heavy atom. The van der Waals surface area contributed by atoms with Crippen LogP contribution in [0.15, 0.2) is 48.6 Å². The molecule has 0 amide bonds. The second kappa shape index (κ2) is 33.6. The van der Waals surface area contributed by atoms with Gasteiger partial charge in [-0.25, -0.2) is 0 Å². The molecule has 0 nitrogen and oxygen atoms in total. The average Bonchev–Trinajstić information content (AvgIpc) is 3.72. The molecule has 52 heavy (non-hydrogen) atoms. The molecule has 301 valence electrons. The van der Waals surface area contributed by atoms with Gasteiger partial charge in [0.15, 0.2) is 0 Å². The third-order valence-electron chi connectivity index (χ3n) is 14.1. The summed E-state index contributed by atoms with van der Waals surface area (Å²) in [4.78, 5) is 0. The second-order valence-electron chi connectivity index (χ2n) is 16.0. The molecule has 6 atom stereocenters. The Hall–Kier alpha value is 2.77. The van der Waals surface area contributed by atoms with E-state index in [4.69, 9.17) is 42.6 Å². The first-order valence-corrected chi connectivity index (χ1v) is 34.3. The minimum atomic E-state index is -2.13. The van der Waals surface area contributed by atoms with Gasteiger partial charge in [0, 0.05) is 0 Å². The summed E-state index contributed by atoms with van der Waals surface area (Å²) in [6.45, 7) is 28.7. The first-order chi connectivity index (χ1) is 22.0. The first kappa shape index (κ1) is 63.9. The normalized spacial score (nSPS) is 38.9. The monoisotopic (exact) mass is 971 g/mol. The van der Waals surface area contributed by atoms with Crippen LogP contribution >= 0.6 is 42.6 Å². The van der Waals surface area contributed by atoms with Crippen LogP contribution in [0.1, 0.15) is 116 Å². The fraction of sp³-hybridized carbons (Fsp3) is 0.750. The fourth-order valence-electron chi connectivity index (χ4n) is 9.23. The van der Waals surface area contributed by atoms with Gasteiger partial charge in [0.25, 0.3) is 0 Å². The van der Waals surface area contributed by atoms with E-state index in [1.54, 1.807) is 0 Å². The van der Waals surface area contributed by atoms with Crippen LogP contribution in [0.5, 0.6) is 0 Å². The van der Waals surface area contributed by atoms with Crippen molar-refractivity contribution in [2.75, 3.05) is 0 Å². The van der Waals surface area contributed by atoms with Gasteiger partial charge in [0.05, 0.1) is 0 Å². The maximum Gasteiger partial charge on any atom is 1.00 e. The molecule has 0 aromatic heterocycles. The van der Waals surface area contributed by atoms with Gasteiger partial charge >= 0.3 is 100 Å². The Bertz CT molecular complexity index is 810. The van der Waals surface area contributed by atoms with E-state index in [1.807, 2.05) is 0 Å². The molecule has 6 rings (SSSR count). The van der Waals surface area contributed by atoms with Crippen molar-refractivity contribution in [3.63, 3.8) is 0 Å². The molecule has 0 aliphatic heterocycles. The minimum Gasteiger partial charge on any atom is 1.00 e. The third kappa shape index (κ3) is 20.6. The van der Waals surface area contributed by atoms with Crippen molar-refractivity contribution in [3.05, 3.63) is 70.9 Å². The van der Waals surface area contributed by atoms with E-state index in [1.165, 1.54) is 25.7 Å². The Labute approximate surface area is 377 Å². The zero-order valence-corrected chi connectivity index (χ0v) is 44.3. The Kier molecular flexibility index (Phi) is 41.3. The molecule has 6 aliphatic rings. The number of halogens is 5. The standard InChI is InChI=1S/2C10H14.2C10H20.CH4.3CH3.5ClH.Li.2Zr/c2*1-8-6-7-9-4-2-3-5-10(8)9;2*1-6-7(2)9(4)10(5)8(6)3;;;;;;;;;;;;/h2*2-5,8-10H,6-7H2,1H3;2*6-10H,1-5H3;1H4;3*1H3;5*1H;;;/q;;;;;3*-1;;;;;;+1;+3;+4/p-5. The van der Waals surface area contributed by atoms with Crippen LogP contribution in [0.4, 0.5) is 0 Å². The number of hydrogen-bond acceptors (Lipinski definition) is 0. The average molecular weight is 977 g/mol. The van der Waals surface area contributed by atoms with Gasteiger partial charge in [0.1, 0.15) is 0 Å². The van der Waals surface area contributed by atoms with Gasteiger partial charge in [-0.1, -0.05) is 139 Å². The maximum atomic E-state index is 5.00. The van der Waals surface area contributed by atoms with Crippen LogP contribution in [0.2, 0.25) is 0 Å². The summed E-state index contributed by atoms with van der Waals surface area (Å²) in [7, 11) is 24.9. The summed E-state index contributed by atoms with van der Waals surface area (Å²) in [5, 5.41) is 0. The van der Waals surface area contributed by atoms with Crippen LogP contribution in [-0.4, -0.2) is 0 Å². The maximum absolute atomic E-state index is 5.00. The minimum absolute atomic E-state index is 0. The summed E-state index contributed by atoms with van der Waals surface area (Å²) in [6.07, 6.45) is 23.9. The Morgan fingerprint density at radius 1 is 0.423 bits per heavy atom. The molecule has 0 N–H and O–H groups in total. The van der Waals surface area contributed by atoms with Crippen molar-refractivity contribution in [1.82, 2.24) is 0 Å². The van der Waals surface area contributed by atoms with E-state index in [-0.39, 0.29) is 48.6 Å². The molecule has 6 unspecified atom stereocenters. The zero-order valence-electron chi connectivity index (χ0n) is 35.6. The summed E-state index contributed by atoms with van der Waals surface area (Å²) in [6, 6.07) is 0. The zero-order chi connectivity index (χ0) is 36.0. The van der Waals surface area contributed by atoms with Crippen molar-refractivity contribution >= 4 is 42.6 Å². The number of fused-ring (bicyclic) bond motifs is 2. The van der Waals surface area contributed by atoms with Crippen LogP contribution in [0.3, 0.4) is 0 Å². The van der Waals surface area contributed by atoms with Gasteiger partial charge in [-0.15, -0.1) is 0 Å². The summed E-state index contributed by atoms with van der Waals surface area (Å²) < 4.78 is 0. The van der Waals surface area contributed by atoms with Crippen molar-refractivity contribution < 1.29 is 57.9 Å². The SMILES string of the molecule is C.CC1C(C)C(C)C(C)C1C.CC1C(C)C(C)C(C)C1C.CC1CCC2C=CC=CC12.CC1CCC2C=CC=CC12.[CH3-].[CH3-].[CH3-].[Cl][Zr+2][Cl].[Cl][Zr]([Cl])[Cl].[Li+]. The topological polar surface area (TPSA) is 0 Å². The van der Waals surface area contributed by atoms with Gasteiger partial charge in [-0.05, 0) is 120 Å². The molecule has 0 spiro atoms. The van der Waals surface area contributed by atoms with E-state index in [9.17, 15) is 0 Å². The van der Waals surface area contributed by atoms with Crippen LogP contribution in [-0.2, 0) is 39.0 Å². The van der Waals surface area contributed by atoms with Crippen LogP contribution < -0.4 is 18.9 Å². The van der Waals surface area contributed by atoms with Crippen molar-refractivity contribution in [2.24, 2.45) is 94.7 Å². The smallest absolute Gasteiger partial charge is 1.00 e. The van der Waals surface area contributed by atoms with Gasteiger partial charge in [-0.2, -0.15) is 0 Å². The van der Waals surface area contributed by atoms with E-state index in [0.29, 0.717) is 0 Å². The molecule has 0 saturated heterocycles. The summed E-state index contributed by atoms with van der Waals surface area (Å²) >= 11 is -2.95. The van der Waals surface area contributed by atoms with Crippen LogP contribution in [0, 0.1) is 117 Å². The molecular weight excluding hydrogens is 895 g/mol. The summed E-state index contributed by atoms with van der Waals surface area (Å²) in [5.41, 5.74) is 0. The molecule has 0 radical (unpaired) electrons. The van der Waals surface area contributed by atoms with Gasteiger partial charge in [-0.3, -0.25) is 0 Å². The summed E-state index contributed by atoms with van der Waals surface area (Å²) in [5.74, 6) is 14.7. The molecule has 0 bridgehead atoms. The van der Waals surface area contributed by atoms with Crippen LogP contribution in [0.25, 0.3) is 0 Å². The number of rotatable bonds is 0. The second-order valence-corrected chi connectivity index (χ2v) is 30.9. The van der Waals surface area contributed by atoms with Gasteiger partial charge < -0.3 is 22.3 Å². The third-order valence-corrected chi connectivity index (χ3v) is 14.1.